The van der Waals surface area contributed by atoms with E-state index in [-0.39, 0.29) is 31.8 Å². The van der Waals surface area contributed by atoms with Crippen LogP contribution in [0, 0.1) is 5.82 Å². The number of aryl methyl sites for hydroxylation is 1. The standard InChI is InChI=1S/C12H11FN4O2.C5H9F2N/c1-16-9-3-2-7(13)6-8(9)11(15-16)17-5-4-10(18)14-12(17)19;6-5(7)2-1-3-8-4-5/h2-3,6H,4-5H2,1H3,(H,14,18,19);8H,1-4H2. The summed E-state index contributed by atoms with van der Waals surface area (Å²) < 4.78 is 39.2. The molecule has 2 aliphatic rings. The number of amides is 3. The molecule has 0 atom stereocenters. The third-order valence-corrected chi connectivity index (χ3v) is 4.38. The van der Waals surface area contributed by atoms with E-state index in [4.69, 9.17) is 0 Å². The molecule has 2 fully saturated rings. The number of hydrogen-bond donors (Lipinski definition) is 2. The van der Waals surface area contributed by atoms with Gasteiger partial charge in [-0.25, -0.2) is 18.0 Å². The largest absolute Gasteiger partial charge is 0.329 e. The Morgan fingerprint density at radius 1 is 1.26 bits per heavy atom. The van der Waals surface area contributed by atoms with Crippen molar-refractivity contribution < 1.29 is 22.8 Å². The van der Waals surface area contributed by atoms with E-state index in [0.29, 0.717) is 17.6 Å². The fourth-order valence-corrected chi connectivity index (χ4v) is 3.02. The molecular formula is C17H20F3N5O2. The lowest BCUT2D eigenvalue weighted by Crippen LogP contribution is -2.49. The van der Waals surface area contributed by atoms with Crippen LogP contribution in [0.25, 0.3) is 10.9 Å². The first-order chi connectivity index (χ1) is 12.8. The van der Waals surface area contributed by atoms with E-state index >= 15 is 0 Å². The molecule has 4 rings (SSSR count). The van der Waals surface area contributed by atoms with Gasteiger partial charge in [-0.1, -0.05) is 0 Å². The van der Waals surface area contributed by atoms with E-state index < -0.39 is 17.8 Å². The van der Waals surface area contributed by atoms with Gasteiger partial charge in [0.15, 0.2) is 5.82 Å². The van der Waals surface area contributed by atoms with Gasteiger partial charge in [-0.05, 0) is 31.2 Å². The van der Waals surface area contributed by atoms with Crippen LogP contribution in [-0.2, 0) is 11.8 Å². The summed E-state index contributed by atoms with van der Waals surface area (Å²) in [6, 6.07) is 3.75. The molecule has 0 saturated carbocycles. The van der Waals surface area contributed by atoms with Gasteiger partial charge in [0.25, 0.3) is 5.92 Å². The van der Waals surface area contributed by atoms with Gasteiger partial charge in [0.1, 0.15) is 5.82 Å². The molecule has 2 aromatic rings. The Morgan fingerprint density at radius 2 is 2.04 bits per heavy atom. The number of fused-ring (bicyclic) bond motifs is 1. The fraction of sp³-hybridized carbons (Fsp3) is 0.471. The van der Waals surface area contributed by atoms with Gasteiger partial charge < -0.3 is 5.32 Å². The molecule has 0 spiro atoms. The molecule has 3 amide bonds. The van der Waals surface area contributed by atoms with Crippen molar-refractivity contribution in [2.75, 3.05) is 24.5 Å². The topological polar surface area (TPSA) is 79.3 Å². The van der Waals surface area contributed by atoms with Crippen LogP contribution >= 0.6 is 0 Å². The molecule has 3 heterocycles. The van der Waals surface area contributed by atoms with Crippen molar-refractivity contribution in [3.8, 4) is 0 Å². The van der Waals surface area contributed by atoms with E-state index in [9.17, 15) is 22.8 Å². The molecule has 1 aromatic heterocycles. The van der Waals surface area contributed by atoms with Crippen molar-refractivity contribution >= 4 is 28.7 Å². The minimum absolute atomic E-state index is 0.0556. The highest BCUT2D eigenvalue weighted by atomic mass is 19.3. The van der Waals surface area contributed by atoms with Crippen LogP contribution in [-0.4, -0.2) is 47.3 Å². The van der Waals surface area contributed by atoms with Gasteiger partial charge >= 0.3 is 6.03 Å². The Morgan fingerprint density at radius 3 is 2.63 bits per heavy atom. The van der Waals surface area contributed by atoms with Crippen LogP contribution in [0.3, 0.4) is 0 Å². The number of imide groups is 1. The maximum atomic E-state index is 13.3. The number of urea groups is 1. The minimum Gasteiger partial charge on any atom is -0.311 e. The second-order valence-corrected chi connectivity index (χ2v) is 6.50. The van der Waals surface area contributed by atoms with Crippen molar-refractivity contribution in [3.05, 3.63) is 24.0 Å². The number of nitrogens with one attached hydrogen (secondary N) is 2. The Bertz CT molecular complexity index is 860. The van der Waals surface area contributed by atoms with E-state index in [2.05, 4.69) is 15.7 Å². The van der Waals surface area contributed by atoms with Crippen molar-refractivity contribution in [1.29, 1.82) is 0 Å². The molecule has 0 unspecified atom stereocenters. The van der Waals surface area contributed by atoms with Crippen molar-refractivity contribution in [3.63, 3.8) is 0 Å². The number of halogens is 3. The van der Waals surface area contributed by atoms with Crippen LogP contribution < -0.4 is 15.5 Å². The Balaban J connectivity index is 0.000000221. The molecule has 146 valence electrons. The summed E-state index contributed by atoms with van der Waals surface area (Å²) >= 11 is 0. The number of nitrogens with zero attached hydrogens (tertiary/aromatic N) is 3. The number of piperidine rings is 1. The number of carbonyl (C=O) groups is 2. The second-order valence-electron chi connectivity index (χ2n) is 6.50. The minimum atomic E-state index is -2.43. The molecule has 2 N–H and O–H groups in total. The summed E-state index contributed by atoms with van der Waals surface area (Å²) in [5, 5.41) is 9.63. The number of anilines is 1. The maximum Gasteiger partial charge on any atom is 0.329 e. The van der Waals surface area contributed by atoms with Crippen LogP contribution in [0.2, 0.25) is 0 Å². The lowest BCUT2D eigenvalue weighted by atomic mass is 10.1. The summed E-state index contributed by atoms with van der Waals surface area (Å²) in [4.78, 5) is 24.3. The monoisotopic (exact) mass is 383 g/mol. The molecule has 1 aromatic carbocycles. The number of aromatic nitrogens is 2. The van der Waals surface area contributed by atoms with Gasteiger partial charge in [-0.2, -0.15) is 5.10 Å². The van der Waals surface area contributed by atoms with Gasteiger partial charge in [-0.3, -0.25) is 19.7 Å². The highest BCUT2D eigenvalue weighted by molar-refractivity contribution is 6.08. The predicted molar refractivity (Wildman–Crippen MR) is 93.2 cm³/mol. The molecule has 0 aliphatic carbocycles. The Hall–Kier alpha value is -2.62. The summed E-state index contributed by atoms with van der Waals surface area (Å²) in [6.45, 7) is 0.857. The number of hydrogen-bond acceptors (Lipinski definition) is 4. The zero-order valence-electron chi connectivity index (χ0n) is 14.8. The van der Waals surface area contributed by atoms with Crippen molar-refractivity contribution in [2.45, 2.75) is 25.2 Å². The first kappa shape index (κ1) is 19.2. The molecule has 27 heavy (non-hydrogen) atoms. The summed E-state index contributed by atoms with van der Waals surface area (Å²) in [7, 11) is 1.72. The highest BCUT2D eigenvalue weighted by Gasteiger charge is 2.30. The molecule has 0 bridgehead atoms. The van der Waals surface area contributed by atoms with Gasteiger partial charge in [0, 0.05) is 31.8 Å². The van der Waals surface area contributed by atoms with Gasteiger partial charge in [-0.15, -0.1) is 0 Å². The molecular weight excluding hydrogens is 363 g/mol. The van der Waals surface area contributed by atoms with E-state index in [1.54, 1.807) is 17.8 Å². The quantitative estimate of drug-likeness (QED) is 0.791. The molecule has 0 radical (unpaired) electrons. The van der Waals surface area contributed by atoms with E-state index in [1.165, 1.54) is 17.0 Å². The van der Waals surface area contributed by atoms with Crippen LogP contribution in [0.4, 0.5) is 23.8 Å². The third kappa shape index (κ3) is 4.38. The zero-order valence-corrected chi connectivity index (χ0v) is 14.8. The van der Waals surface area contributed by atoms with Gasteiger partial charge in [0.05, 0.1) is 12.1 Å². The molecule has 7 nitrogen and oxygen atoms in total. The lowest BCUT2D eigenvalue weighted by molar-refractivity contribution is -0.120. The second kappa shape index (κ2) is 7.55. The van der Waals surface area contributed by atoms with Crippen molar-refractivity contribution in [1.82, 2.24) is 20.4 Å². The van der Waals surface area contributed by atoms with Crippen LogP contribution in [0.5, 0.6) is 0 Å². The predicted octanol–water partition coefficient (Wildman–Crippen LogP) is 2.16. The number of benzene rings is 1. The van der Waals surface area contributed by atoms with E-state index in [1.807, 2.05) is 0 Å². The molecule has 10 heteroatoms. The number of alkyl halides is 2. The highest BCUT2D eigenvalue weighted by Crippen LogP contribution is 2.27. The maximum absolute atomic E-state index is 13.3. The fourth-order valence-electron chi connectivity index (χ4n) is 3.02. The van der Waals surface area contributed by atoms with Crippen molar-refractivity contribution in [2.24, 2.45) is 7.05 Å². The van der Waals surface area contributed by atoms with E-state index in [0.717, 1.165) is 12.1 Å². The number of carbonyl (C=O) groups excluding carboxylic acids is 2. The van der Waals surface area contributed by atoms with Crippen LogP contribution in [0.15, 0.2) is 18.2 Å². The summed E-state index contributed by atoms with van der Waals surface area (Å²) in [5.74, 6) is -2.77. The Labute approximate surface area is 153 Å². The zero-order chi connectivity index (χ0) is 19.6. The smallest absolute Gasteiger partial charge is 0.311 e. The van der Waals surface area contributed by atoms with Gasteiger partial charge in [0.2, 0.25) is 5.91 Å². The first-order valence-electron chi connectivity index (χ1n) is 8.59. The normalized spacial score (nSPS) is 19.5. The summed E-state index contributed by atoms with van der Waals surface area (Å²) in [6.07, 6.45) is 0.867. The molecule has 2 aliphatic heterocycles. The average molecular weight is 383 g/mol. The SMILES string of the molecule is Cn1nc(N2CCC(=O)NC2=O)c2cc(F)ccc21.FC1(F)CCCNC1. The lowest BCUT2D eigenvalue weighted by Gasteiger charge is -2.24. The molecule has 2 saturated heterocycles. The third-order valence-electron chi connectivity index (χ3n) is 4.38. The average Bonchev–Trinajstić information content (AvgIpc) is 2.91. The first-order valence-corrected chi connectivity index (χ1v) is 8.59. The summed E-state index contributed by atoms with van der Waals surface area (Å²) in [5.41, 5.74) is 0.723. The Kier molecular flexibility index (Phi) is 5.36. The number of rotatable bonds is 1. The van der Waals surface area contributed by atoms with Crippen LogP contribution in [0.1, 0.15) is 19.3 Å².